The average molecular weight is 653 g/mol. The zero-order chi connectivity index (χ0) is 34.1. The highest BCUT2D eigenvalue weighted by Crippen LogP contribution is 2.45. The van der Waals surface area contributed by atoms with Crippen molar-refractivity contribution in [3.63, 3.8) is 0 Å². The molecule has 10 aromatic rings. The first-order chi connectivity index (χ1) is 25.2. The van der Waals surface area contributed by atoms with Crippen LogP contribution in [0.15, 0.2) is 169 Å². The summed E-state index contributed by atoms with van der Waals surface area (Å²) in [6.07, 6.45) is 3.92. The van der Waals surface area contributed by atoms with Crippen LogP contribution in [-0.2, 0) is 0 Å². The lowest BCUT2D eigenvalue weighted by Crippen LogP contribution is -2.10. The Bertz CT molecular complexity index is 3020. The normalized spacial score (nSPS) is 11.7. The summed E-state index contributed by atoms with van der Waals surface area (Å²) >= 11 is 0. The quantitative estimate of drug-likeness (QED) is 0.181. The number of aromatic amines is 1. The second-order valence-corrected chi connectivity index (χ2v) is 13.1. The minimum absolute atomic E-state index is 0.850. The van der Waals surface area contributed by atoms with Crippen molar-refractivity contribution in [3.05, 3.63) is 176 Å². The Kier molecular flexibility index (Phi) is 6.49. The smallest absolute Gasteiger partial charge is 0.137 e. The first-order valence-corrected chi connectivity index (χ1v) is 17.2. The van der Waals surface area contributed by atoms with Crippen LogP contribution in [0.25, 0.3) is 88.6 Å². The van der Waals surface area contributed by atoms with Crippen LogP contribution in [0, 0.1) is 0 Å². The Morgan fingerprint density at radius 2 is 1.04 bits per heavy atom. The number of anilines is 3. The third-order valence-corrected chi connectivity index (χ3v) is 10.3. The number of para-hydroxylation sites is 2. The standard InChI is InChI=1S/C48H32N2O/c1-3-34-35(4-2)43-26-31(22-24-38(43)37-17-9-8-16-36(34)37)50(32-23-25-41-40-19-11-13-21-46(40)51-47(41)29-32)33-27-42(30-14-6-5-7-15-30)48-44(28-33)39-18-10-12-20-45(39)49-48/h3-29,49H,1-2H2. The van der Waals surface area contributed by atoms with Crippen molar-refractivity contribution in [1.29, 1.82) is 0 Å². The summed E-state index contributed by atoms with van der Waals surface area (Å²) in [6, 6.07) is 54.0. The van der Waals surface area contributed by atoms with Crippen molar-refractivity contribution in [2.24, 2.45) is 0 Å². The van der Waals surface area contributed by atoms with Crippen molar-refractivity contribution >= 4 is 94.5 Å². The van der Waals surface area contributed by atoms with Crippen molar-refractivity contribution in [1.82, 2.24) is 4.98 Å². The lowest BCUT2D eigenvalue weighted by molar-refractivity contribution is 0.669. The topological polar surface area (TPSA) is 32.2 Å². The van der Waals surface area contributed by atoms with Gasteiger partial charge in [-0.05, 0) is 86.8 Å². The molecule has 2 aromatic heterocycles. The minimum atomic E-state index is 0.850. The molecule has 0 bridgehead atoms. The molecular weight excluding hydrogens is 621 g/mol. The molecule has 0 amide bonds. The van der Waals surface area contributed by atoms with Crippen molar-refractivity contribution in [2.75, 3.05) is 4.90 Å². The number of hydrogen-bond donors (Lipinski definition) is 1. The van der Waals surface area contributed by atoms with Gasteiger partial charge < -0.3 is 14.3 Å². The molecule has 0 spiro atoms. The third-order valence-electron chi connectivity index (χ3n) is 10.3. The van der Waals surface area contributed by atoms with Crippen molar-refractivity contribution < 1.29 is 4.42 Å². The number of H-pyrrole nitrogens is 1. The molecule has 0 atom stereocenters. The molecule has 0 fully saturated rings. The molecule has 2 heterocycles. The predicted molar refractivity (Wildman–Crippen MR) is 218 cm³/mol. The van der Waals surface area contributed by atoms with Gasteiger partial charge in [-0.15, -0.1) is 0 Å². The number of benzene rings is 8. The summed E-state index contributed by atoms with van der Waals surface area (Å²) in [5, 5.41) is 9.25. The highest BCUT2D eigenvalue weighted by Gasteiger charge is 2.21. The molecule has 0 saturated carbocycles. The maximum Gasteiger partial charge on any atom is 0.137 e. The molecule has 0 radical (unpaired) electrons. The third kappa shape index (κ3) is 4.45. The maximum atomic E-state index is 6.45. The highest BCUT2D eigenvalue weighted by atomic mass is 16.3. The number of rotatable bonds is 6. The maximum absolute atomic E-state index is 6.45. The van der Waals surface area contributed by atoms with Gasteiger partial charge in [0.05, 0.1) is 5.52 Å². The fraction of sp³-hybridized carbons (Fsp3) is 0. The molecular formula is C48H32N2O. The monoisotopic (exact) mass is 652 g/mol. The summed E-state index contributed by atoms with van der Waals surface area (Å²) in [7, 11) is 0. The summed E-state index contributed by atoms with van der Waals surface area (Å²) in [5.41, 5.74) is 11.5. The molecule has 0 aliphatic carbocycles. The van der Waals surface area contributed by atoms with E-state index in [1.807, 2.05) is 24.3 Å². The molecule has 3 nitrogen and oxygen atoms in total. The summed E-state index contributed by atoms with van der Waals surface area (Å²) < 4.78 is 6.45. The fourth-order valence-electron chi connectivity index (χ4n) is 8.02. The molecule has 0 saturated heterocycles. The van der Waals surface area contributed by atoms with Crippen LogP contribution in [0.4, 0.5) is 17.1 Å². The Morgan fingerprint density at radius 3 is 1.84 bits per heavy atom. The highest BCUT2D eigenvalue weighted by molar-refractivity contribution is 6.17. The van der Waals surface area contributed by atoms with Crippen LogP contribution in [0.3, 0.4) is 0 Å². The van der Waals surface area contributed by atoms with Gasteiger partial charge in [-0.25, -0.2) is 0 Å². The Labute approximate surface area is 295 Å². The van der Waals surface area contributed by atoms with Gasteiger partial charge in [0, 0.05) is 55.8 Å². The van der Waals surface area contributed by atoms with E-state index in [-0.39, 0.29) is 0 Å². The van der Waals surface area contributed by atoms with Crippen molar-refractivity contribution in [3.8, 4) is 11.1 Å². The van der Waals surface area contributed by atoms with Crippen molar-refractivity contribution in [2.45, 2.75) is 0 Å². The Balaban J connectivity index is 1.30. The molecule has 8 aromatic carbocycles. The molecule has 3 heteroatoms. The first-order valence-electron chi connectivity index (χ1n) is 17.2. The van der Waals surface area contributed by atoms with E-state index in [9.17, 15) is 0 Å². The van der Waals surface area contributed by atoms with Crippen LogP contribution in [0.5, 0.6) is 0 Å². The molecule has 51 heavy (non-hydrogen) atoms. The van der Waals surface area contributed by atoms with E-state index in [1.54, 1.807) is 0 Å². The summed E-state index contributed by atoms with van der Waals surface area (Å²) in [4.78, 5) is 6.10. The first kappa shape index (κ1) is 29.1. The summed E-state index contributed by atoms with van der Waals surface area (Å²) in [5.74, 6) is 0. The van der Waals surface area contributed by atoms with Gasteiger partial charge in [0.15, 0.2) is 0 Å². The second kappa shape index (κ2) is 11.4. The second-order valence-electron chi connectivity index (χ2n) is 13.1. The number of fused-ring (bicyclic) bond motifs is 9. The van der Waals surface area contributed by atoms with E-state index in [2.05, 4.69) is 163 Å². The van der Waals surface area contributed by atoms with Gasteiger partial charge >= 0.3 is 0 Å². The van der Waals surface area contributed by atoms with Gasteiger partial charge in [0.25, 0.3) is 0 Å². The molecule has 10 rings (SSSR count). The number of furan rings is 1. The molecule has 0 aliphatic heterocycles. The number of hydrogen-bond acceptors (Lipinski definition) is 2. The van der Waals surface area contributed by atoms with E-state index >= 15 is 0 Å². The van der Waals surface area contributed by atoms with Gasteiger partial charge in [-0.3, -0.25) is 0 Å². The zero-order valence-electron chi connectivity index (χ0n) is 27.9. The van der Waals surface area contributed by atoms with Crippen LogP contribution in [0.1, 0.15) is 11.1 Å². The Hall–Kier alpha value is -6.84. The molecule has 0 aliphatic rings. The molecule has 1 N–H and O–H groups in total. The van der Waals surface area contributed by atoms with E-state index < -0.39 is 0 Å². The van der Waals surface area contributed by atoms with Crippen LogP contribution < -0.4 is 4.90 Å². The van der Waals surface area contributed by atoms with Crippen LogP contribution >= 0.6 is 0 Å². The van der Waals surface area contributed by atoms with E-state index in [0.29, 0.717) is 0 Å². The zero-order valence-corrected chi connectivity index (χ0v) is 27.9. The average Bonchev–Trinajstić information content (AvgIpc) is 3.75. The van der Waals surface area contributed by atoms with Gasteiger partial charge in [-0.2, -0.15) is 0 Å². The summed E-state index contributed by atoms with van der Waals surface area (Å²) in [6.45, 7) is 8.48. The molecule has 240 valence electrons. The lowest BCUT2D eigenvalue weighted by atomic mass is 9.91. The largest absolute Gasteiger partial charge is 0.456 e. The Morgan fingerprint density at radius 1 is 0.451 bits per heavy atom. The molecule has 0 unspecified atom stereocenters. The SMILES string of the molecule is C=Cc1c(C=C)c2cc(N(c3ccc4c(c3)oc3ccccc34)c3cc(-c4ccccc4)c4[nH]c5ccccc5c4c3)ccc2c2ccccc12. The van der Waals surface area contributed by atoms with Crippen LogP contribution in [0.2, 0.25) is 0 Å². The lowest BCUT2D eigenvalue weighted by Gasteiger charge is -2.27. The van der Waals surface area contributed by atoms with E-state index in [0.717, 1.165) is 77.7 Å². The van der Waals surface area contributed by atoms with Gasteiger partial charge in [0.1, 0.15) is 11.2 Å². The van der Waals surface area contributed by atoms with E-state index in [4.69, 9.17) is 4.42 Å². The van der Waals surface area contributed by atoms with Gasteiger partial charge in [0.2, 0.25) is 0 Å². The predicted octanol–water partition coefficient (Wildman–Crippen LogP) is 13.9. The van der Waals surface area contributed by atoms with Gasteiger partial charge in [-0.1, -0.05) is 122 Å². The number of nitrogens with zero attached hydrogens (tertiary/aromatic N) is 1. The minimum Gasteiger partial charge on any atom is -0.456 e. The number of aromatic nitrogens is 1. The van der Waals surface area contributed by atoms with Crippen LogP contribution in [-0.4, -0.2) is 4.98 Å². The van der Waals surface area contributed by atoms with E-state index in [1.165, 1.54) is 26.9 Å². The number of nitrogens with one attached hydrogen (secondary N) is 1. The fourth-order valence-corrected chi connectivity index (χ4v) is 8.02.